The number of nitrogens with one attached hydrogen (secondary N) is 2. The lowest BCUT2D eigenvalue weighted by molar-refractivity contribution is 0.0977. The Kier molecular flexibility index (Phi) is 7.30. The van der Waals surface area contributed by atoms with Crippen molar-refractivity contribution in [2.75, 3.05) is 12.4 Å². The molecule has 0 saturated heterocycles. The molecule has 0 radical (unpaired) electrons. The summed E-state index contributed by atoms with van der Waals surface area (Å²) < 4.78 is 7.27. The summed E-state index contributed by atoms with van der Waals surface area (Å²) in [6, 6.07) is 13.1. The molecule has 0 spiro atoms. The van der Waals surface area contributed by atoms with E-state index in [1.54, 1.807) is 7.11 Å². The number of anilines is 1. The molecule has 1 amide bonds. The molecule has 7 nitrogen and oxygen atoms in total. The SMILES string of the molecule is CCn1nc(C)c(CN=C(NC(=O)c2ccc(C)c(C)c2)Nc2cccc(OC)c2)c1C. The molecule has 0 bridgehead atoms. The smallest absolute Gasteiger partial charge is 0.257 e. The fraction of sp³-hybridized carbons (Fsp3) is 0.320. The number of rotatable bonds is 6. The molecule has 0 saturated carbocycles. The first-order valence-corrected chi connectivity index (χ1v) is 10.7. The van der Waals surface area contributed by atoms with Crippen LogP contribution in [-0.4, -0.2) is 28.8 Å². The molecule has 0 aliphatic heterocycles. The normalized spacial score (nSPS) is 11.4. The van der Waals surface area contributed by atoms with Gasteiger partial charge in [0.2, 0.25) is 5.96 Å². The second kappa shape index (κ2) is 10.1. The summed E-state index contributed by atoms with van der Waals surface area (Å²) >= 11 is 0. The van der Waals surface area contributed by atoms with Gasteiger partial charge in [0.15, 0.2) is 0 Å². The molecule has 7 heteroatoms. The topological polar surface area (TPSA) is 80.5 Å². The Labute approximate surface area is 189 Å². The number of aryl methyl sites for hydroxylation is 4. The molecule has 0 aliphatic rings. The highest BCUT2D eigenvalue weighted by atomic mass is 16.5. The van der Waals surface area contributed by atoms with Crippen molar-refractivity contribution in [2.24, 2.45) is 4.99 Å². The Bertz CT molecular complexity index is 1150. The second-order valence-electron chi connectivity index (χ2n) is 7.74. The van der Waals surface area contributed by atoms with Gasteiger partial charge in [0, 0.05) is 35.1 Å². The van der Waals surface area contributed by atoms with E-state index in [0.717, 1.165) is 40.3 Å². The molecular formula is C25H31N5O2. The summed E-state index contributed by atoms with van der Waals surface area (Å²) in [5.41, 5.74) is 6.63. The van der Waals surface area contributed by atoms with Crippen LogP contribution in [0.4, 0.5) is 5.69 Å². The van der Waals surface area contributed by atoms with Crippen molar-refractivity contribution in [3.05, 3.63) is 76.1 Å². The Balaban J connectivity index is 1.89. The number of aromatic nitrogens is 2. The number of hydrogen-bond donors (Lipinski definition) is 2. The zero-order valence-electron chi connectivity index (χ0n) is 19.6. The standard InChI is InChI=1S/C25H31N5O2/c1-7-30-19(5)23(18(4)29-30)15-26-25(27-21-9-8-10-22(14-21)32-6)28-24(31)20-12-11-16(2)17(3)13-20/h8-14H,7,15H2,1-6H3,(H2,26,27,28,31). The first kappa shape index (κ1) is 23.1. The highest BCUT2D eigenvalue weighted by Gasteiger charge is 2.13. The maximum absolute atomic E-state index is 13.0. The van der Waals surface area contributed by atoms with Crippen LogP contribution >= 0.6 is 0 Å². The van der Waals surface area contributed by atoms with Crippen LogP contribution in [0, 0.1) is 27.7 Å². The number of aliphatic imine (C=N–C) groups is 1. The number of nitrogens with zero attached hydrogens (tertiary/aromatic N) is 3. The van der Waals surface area contributed by atoms with Crippen LogP contribution in [0.15, 0.2) is 47.5 Å². The number of hydrogen-bond acceptors (Lipinski definition) is 4. The molecule has 2 aromatic carbocycles. The van der Waals surface area contributed by atoms with Gasteiger partial charge in [0.1, 0.15) is 5.75 Å². The van der Waals surface area contributed by atoms with E-state index >= 15 is 0 Å². The maximum Gasteiger partial charge on any atom is 0.257 e. The second-order valence-corrected chi connectivity index (χ2v) is 7.74. The number of carbonyl (C=O) groups is 1. The molecule has 3 rings (SSSR count). The van der Waals surface area contributed by atoms with Crippen LogP contribution in [0.2, 0.25) is 0 Å². The van der Waals surface area contributed by atoms with Crippen molar-refractivity contribution in [1.29, 1.82) is 0 Å². The largest absolute Gasteiger partial charge is 0.497 e. The Morgan fingerprint density at radius 3 is 2.53 bits per heavy atom. The van der Waals surface area contributed by atoms with E-state index in [9.17, 15) is 4.79 Å². The lowest BCUT2D eigenvalue weighted by Crippen LogP contribution is -2.36. The van der Waals surface area contributed by atoms with Crippen molar-refractivity contribution in [3.8, 4) is 5.75 Å². The van der Waals surface area contributed by atoms with Gasteiger partial charge in [-0.25, -0.2) is 4.99 Å². The van der Waals surface area contributed by atoms with E-state index < -0.39 is 0 Å². The number of ether oxygens (including phenoxy) is 1. The lowest BCUT2D eigenvalue weighted by Gasteiger charge is -2.13. The van der Waals surface area contributed by atoms with Crippen molar-refractivity contribution < 1.29 is 9.53 Å². The van der Waals surface area contributed by atoms with Crippen LogP contribution in [-0.2, 0) is 13.1 Å². The van der Waals surface area contributed by atoms with Crippen LogP contribution in [0.25, 0.3) is 0 Å². The van der Waals surface area contributed by atoms with E-state index in [0.29, 0.717) is 23.8 Å². The number of benzene rings is 2. The van der Waals surface area contributed by atoms with Gasteiger partial charge >= 0.3 is 0 Å². The van der Waals surface area contributed by atoms with Gasteiger partial charge in [0.05, 0.1) is 19.3 Å². The van der Waals surface area contributed by atoms with Gasteiger partial charge in [-0.1, -0.05) is 12.1 Å². The third-order valence-electron chi connectivity index (χ3n) is 5.56. The van der Waals surface area contributed by atoms with Gasteiger partial charge in [-0.3, -0.25) is 14.8 Å². The van der Waals surface area contributed by atoms with Crippen LogP contribution < -0.4 is 15.4 Å². The van der Waals surface area contributed by atoms with Gasteiger partial charge in [-0.15, -0.1) is 0 Å². The molecule has 2 N–H and O–H groups in total. The summed E-state index contributed by atoms with van der Waals surface area (Å²) in [6.07, 6.45) is 0. The summed E-state index contributed by atoms with van der Waals surface area (Å²) in [7, 11) is 1.62. The zero-order chi connectivity index (χ0) is 23.3. The molecule has 3 aromatic rings. The third-order valence-corrected chi connectivity index (χ3v) is 5.56. The zero-order valence-corrected chi connectivity index (χ0v) is 19.6. The molecule has 168 valence electrons. The van der Waals surface area contributed by atoms with Gasteiger partial charge in [-0.2, -0.15) is 5.10 Å². The van der Waals surface area contributed by atoms with Gasteiger partial charge < -0.3 is 10.1 Å². The van der Waals surface area contributed by atoms with Crippen LogP contribution in [0.3, 0.4) is 0 Å². The summed E-state index contributed by atoms with van der Waals surface area (Å²) in [4.78, 5) is 17.7. The Morgan fingerprint density at radius 1 is 1.09 bits per heavy atom. The maximum atomic E-state index is 13.0. The highest BCUT2D eigenvalue weighted by Crippen LogP contribution is 2.18. The van der Waals surface area contributed by atoms with Crippen LogP contribution in [0.5, 0.6) is 5.75 Å². The minimum Gasteiger partial charge on any atom is -0.497 e. The van der Waals surface area contributed by atoms with Crippen molar-refractivity contribution >= 4 is 17.6 Å². The van der Waals surface area contributed by atoms with Crippen molar-refractivity contribution in [1.82, 2.24) is 15.1 Å². The fourth-order valence-electron chi connectivity index (χ4n) is 3.44. The van der Waals surface area contributed by atoms with E-state index in [-0.39, 0.29) is 5.91 Å². The van der Waals surface area contributed by atoms with Gasteiger partial charge in [0.25, 0.3) is 5.91 Å². The molecule has 1 aromatic heterocycles. The average Bonchev–Trinajstić information content (AvgIpc) is 3.06. The van der Waals surface area contributed by atoms with E-state index in [2.05, 4.69) is 22.7 Å². The molecule has 0 atom stereocenters. The van der Waals surface area contributed by atoms with Gasteiger partial charge in [-0.05, 0) is 70.0 Å². The van der Waals surface area contributed by atoms with E-state index in [1.165, 1.54) is 0 Å². The van der Waals surface area contributed by atoms with E-state index in [1.807, 2.05) is 74.8 Å². The number of guanidine groups is 1. The number of amides is 1. The Hall–Kier alpha value is -3.61. The number of methoxy groups -OCH3 is 1. The minimum absolute atomic E-state index is 0.222. The molecule has 1 heterocycles. The summed E-state index contributed by atoms with van der Waals surface area (Å²) in [6.45, 7) is 11.3. The lowest BCUT2D eigenvalue weighted by atomic mass is 10.1. The predicted molar refractivity (Wildman–Crippen MR) is 129 cm³/mol. The molecule has 0 aliphatic carbocycles. The first-order valence-electron chi connectivity index (χ1n) is 10.7. The summed E-state index contributed by atoms with van der Waals surface area (Å²) in [5.74, 6) is 0.857. The van der Waals surface area contributed by atoms with E-state index in [4.69, 9.17) is 9.73 Å². The van der Waals surface area contributed by atoms with Crippen molar-refractivity contribution in [3.63, 3.8) is 0 Å². The third kappa shape index (κ3) is 5.35. The average molecular weight is 434 g/mol. The first-order chi connectivity index (χ1) is 15.3. The minimum atomic E-state index is -0.222. The molecule has 0 fully saturated rings. The monoisotopic (exact) mass is 433 g/mol. The van der Waals surface area contributed by atoms with Crippen LogP contribution in [0.1, 0.15) is 45.4 Å². The fourth-order valence-corrected chi connectivity index (χ4v) is 3.44. The Morgan fingerprint density at radius 2 is 1.88 bits per heavy atom. The predicted octanol–water partition coefficient (Wildman–Crippen LogP) is 4.54. The summed E-state index contributed by atoms with van der Waals surface area (Å²) in [5, 5.41) is 10.7. The molecule has 32 heavy (non-hydrogen) atoms. The quantitative estimate of drug-likeness (QED) is 0.442. The highest BCUT2D eigenvalue weighted by molar-refractivity contribution is 6.10. The molecule has 0 unspecified atom stereocenters. The molecular weight excluding hydrogens is 402 g/mol. The number of carbonyl (C=O) groups excluding carboxylic acids is 1. The van der Waals surface area contributed by atoms with Crippen molar-refractivity contribution in [2.45, 2.75) is 47.7 Å².